The summed E-state index contributed by atoms with van der Waals surface area (Å²) >= 11 is 0. The van der Waals surface area contributed by atoms with Gasteiger partial charge in [-0.15, -0.1) is 0 Å². The molecule has 0 saturated heterocycles. The van der Waals surface area contributed by atoms with Crippen LogP contribution in [0.1, 0.15) is 31.1 Å². The van der Waals surface area contributed by atoms with E-state index in [1.807, 2.05) is 68.4 Å². The van der Waals surface area contributed by atoms with E-state index in [-0.39, 0.29) is 6.10 Å². The van der Waals surface area contributed by atoms with Gasteiger partial charge in [0.05, 0.1) is 12.7 Å². The van der Waals surface area contributed by atoms with Gasteiger partial charge in [-0.3, -0.25) is 0 Å². The van der Waals surface area contributed by atoms with Gasteiger partial charge in [0.2, 0.25) is 0 Å². The Balaban J connectivity index is 1.87. The maximum absolute atomic E-state index is 10.0. The molecule has 3 nitrogen and oxygen atoms in total. The van der Waals surface area contributed by atoms with Crippen molar-refractivity contribution in [2.45, 2.75) is 32.7 Å². The molecule has 0 aliphatic rings. The van der Waals surface area contributed by atoms with Gasteiger partial charge in [-0.05, 0) is 37.1 Å². The standard InChI is InChI=1S/C18H22O3/c1-14(2)20-13-18(19)16-8-10-17(11-9-16)21-12-15-6-4-3-5-7-15/h3-11,14,18-19H,12-13H2,1-2H3. The van der Waals surface area contributed by atoms with E-state index in [4.69, 9.17) is 9.47 Å². The molecule has 0 fully saturated rings. The molecule has 1 N–H and O–H groups in total. The van der Waals surface area contributed by atoms with Crippen molar-refractivity contribution in [2.75, 3.05) is 6.61 Å². The lowest BCUT2D eigenvalue weighted by molar-refractivity contribution is 0.00491. The molecule has 0 amide bonds. The molecule has 2 aromatic rings. The highest BCUT2D eigenvalue weighted by Crippen LogP contribution is 2.19. The summed E-state index contributed by atoms with van der Waals surface area (Å²) in [5.74, 6) is 0.791. The number of hydrogen-bond donors (Lipinski definition) is 1. The molecule has 0 bridgehead atoms. The van der Waals surface area contributed by atoms with Crippen LogP contribution < -0.4 is 4.74 Å². The zero-order valence-corrected chi connectivity index (χ0v) is 12.5. The van der Waals surface area contributed by atoms with E-state index in [0.29, 0.717) is 13.2 Å². The summed E-state index contributed by atoms with van der Waals surface area (Å²) in [5.41, 5.74) is 1.97. The average Bonchev–Trinajstić information content (AvgIpc) is 2.52. The maximum Gasteiger partial charge on any atom is 0.119 e. The molecule has 2 rings (SSSR count). The Bertz CT molecular complexity index is 520. The van der Waals surface area contributed by atoms with Crippen LogP contribution in [-0.2, 0) is 11.3 Å². The summed E-state index contributed by atoms with van der Waals surface area (Å²) in [5, 5.41) is 10.0. The third-order valence-corrected chi connectivity index (χ3v) is 3.10. The largest absolute Gasteiger partial charge is 0.489 e. The second-order valence-corrected chi connectivity index (χ2v) is 5.24. The molecule has 0 aromatic heterocycles. The lowest BCUT2D eigenvalue weighted by Gasteiger charge is -2.14. The number of benzene rings is 2. The van der Waals surface area contributed by atoms with Crippen LogP contribution in [0.5, 0.6) is 5.75 Å². The molecule has 0 aliphatic heterocycles. The summed E-state index contributed by atoms with van der Waals surface area (Å²) in [6.07, 6.45) is -0.483. The predicted octanol–water partition coefficient (Wildman–Crippen LogP) is 3.72. The van der Waals surface area contributed by atoms with Crippen molar-refractivity contribution < 1.29 is 14.6 Å². The molecular formula is C18H22O3. The monoisotopic (exact) mass is 286 g/mol. The van der Waals surface area contributed by atoms with E-state index in [1.54, 1.807) is 0 Å². The first kappa shape index (κ1) is 15.5. The van der Waals surface area contributed by atoms with Crippen LogP contribution in [0.2, 0.25) is 0 Å². The Morgan fingerprint density at radius 2 is 1.62 bits per heavy atom. The van der Waals surface area contributed by atoms with E-state index in [0.717, 1.165) is 16.9 Å². The first-order valence-corrected chi connectivity index (χ1v) is 7.21. The minimum Gasteiger partial charge on any atom is -0.489 e. The molecule has 1 atom stereocenters. The lowest BCUT2D eigenvalue weighted by Crippen LogP contribution is -2.11. The van der Waals surface area contributed by atoms with Crippen LogP contribution in [0.15, 0.2) is 54.6 Å². The second-order valence-electron chi connectivity index (χ2n) is 5.24. The number of ether oxygens (including phenoxy) is 2. The summed E-state index contributed by atoms with van der Waals surface area (Å²) in [6, 6.07) is 17.5. The van der Waals surface area contributed by atoms with Crippen molar-refractivity contribution in [3.63, 3.8) is 0 Å². The Labute approximate surface area is 126 Å². The Hall–Kier alpha value is -1.84. The normalized spacial score (nSPS) is 12.4. The zero-order valence-electron chi connectivity index (χ0n) is 12.5. The summed E-state index contributed by atoms with van der Waals surface area (Å²) in [4.78, 5) is 0. The molecule has 1 unspecified atom stereocenters. The second kappa shape index (κ2) is 7.81. The van der Waals surface area contributed by atoms with Gasteiger partial charge in [-0.2, -0.15) is 0 Å². The van der Waals surface area contributed by atoms with E-state index >= 15 is 0 Å². The SMILES string of the molecule is CC(C)OCC(O)c1ccc(OCc2ccccc2)cc1. The molecule has 21 heavy (non-hydrogen) atoms. The predicted molar refractivity (Wildman–Crippen MR) is 83.3 cm³/mol. The topological polar surface area (TPSA) is 38.7 Å². The molecular weight excluding hydrogens is 264 g/mol. The van der Waals surface area contributed by atoms with Gasteiger partial charge in [0.15, 0.2) is 0 Å². The van der Waals surface area contributed by atoms with Crippen molar-refractivity contribution in [3.05, 3.63) is 65.7 Å². The molecule has 0 spiro atoms. The van der Waals surface area contributed by atoms with Crippen molar-refractivity contribution in [3.8, 4) is 5.75 Å². The van der Waals surface area contributed by atoms with Gasteiger partial charge >= 0.3 is 0 Å². The van der Waals surface area contributed by atoms with E-state index in [2.05, 4.69) is 0 Å². The molecule has 0 heterocycles. The molecule has 0 aliphatic carbocycles. The first-order chi connectivity index (χ1) is 10.1. The molecule has 3 heteroatoms. The Kier molecular flexibility index (Phi) is 5.78. The van der Waals surface area contributed by atoms with Crippen LogP contribution in [-0.4, -0.2) is 17.8 Å². The van der Waals surface area contributed by atoms with E-state index < -0.39 is 6.10 Å². The third kappa shape index (κ3) is 5.21. The summed E-state index contributed by atoms with van der Waals surface area (Å²) in [6.45, 7) is 4.75. The fourth-order valence-corrected chi connectivity index (χ4v) is 1.91. The number of aliphatic hydroxyl groups is 1. The highest BCUT2D eigenvalue weighted by Gasteiger charge is 2.08. The summed E-state index contributed by atoms with van der Waals surface area (Å²) < 4.78 is 11.1. The molecule has 2 aromatic carbocycles. The fraction of sp³-hybridized carbons (Fsp3) is 0.333. The quantitative estimate of drug-likeness (QED) is 0.843. The maximum atomic E-state index is 10.0. The number of aliphatic hydroxyl groups excluding tert-OH is 1. The molecule has 112 valence electrons. The van der Waals surface area contributed by atoms with Crippen LogP contribution in [0.4, 0.5) is 0 Å². The van der Waals surface area contributed by atoms with Crippen LogP contribution in [0.3, 0.4) is 0 Å². The zero-order chi connectivity index (χ0) is 15.1. The van der Waals surface area contributed by atoms with Gasteiger partial charge in [0, 0.05) is 0 Å². The van der Waals surface area contributed by atoms with Gasteiger partial charge in [-0.25, -0.2) is 0 Å². The van der Waals surface area contributed by atoms with Crippen molar-refractivity contribution in [2.24, 2.45) is 0 Å². The lowest BCUT2D eigenvalue weighted by atomic mass is 10.1. The van der Waals surface area contributed by atoms with Crippen LogP contribution in [0, 0.1) is 0 Å². The van der Waals surface area contributed by atoms with Crippen molar-refractivity contribution in [1.29, 1.82) is 0 Å². The van der Waals surface area contributed by atoms with Crippen molar-refractivity contribution in [1.82, 2.24) is 0 Å². The third-order valence-electron chi connectivity index (χ3n) is 3.10. The minimum absolute atomic E-state index is 0.119. The first-order valence-electron chi connectivity index (χ1n) is 7.21. The minimum atomic E-state index is -0.601. The van der Waals surface area contributed by atoms with Gasteiger partial charge in [0.25, 0.3) is 0 Å². The van der Waals surface area contributed by atoms with Gasteiger partial charge < -0.3 is 14.6 Å². The van der Waals surface area contributed by atoms with E-state index in [1.165, 1.54) is 0 Å². The molecule has 0 radical (unpaired) electrons. The Morgan fingerprint density at radius 3 is 2.24 bits per heavy atom. The highest BCUT2D eigenvalue weighted by atomic mass is 16.5. The fourth-order valence-electron chi connectivity index (χ4n) is 1.91. The highest BCUT2D eigenvalue weighted by molar-refractivity contribution is 5.29. The van der Waals surface area contributed by atoms with E-state index in [9.17, 15) is 5.11 Å². The van der Waals surface area contributed by atoms with Gasteiger partial charge in [0.1, 0.15) is 18.5 Å². The smallest absolute Gasteiger partial charge is 0.119 e. The summed E-state index contributed by atoms with van der Waals surface area (Å²) in [7, 11) is 0. The number of hydrogen-bond acceptors (Lipinski definition) is 3. The Morgan fingerprint density at radius 1 is 0.952 bits per heavy atom. The van der Waals surface area contributed by atoms with Crippen LogP contribution >= 0.6 is 0 Å². The average molecular weight is 286 g/mol. The number of rotatable bonds is 7. The van der Waals surface area contributed by atoms with Gasteiger partial charge in [-0.1, -0.05) is 42.5 Å². The van der Waals surface area contributed by atoms with Crippen LogP contribution in [0.25, 0.3) is 0 Å². The molecule has 0 saturated carbocycles. The van der Waals surface area contributed by atoms with Crippen molar-refractivity contribution >= 4 is 0 Å².